The van der Waals surface area contributed by atoms with E-state index in [1.165, 1.54) is 0 Å². The molecule has 5 heteroatoms. The lowest BCUT2D eigenvalue weighted by Gasteiger charge is -2.10. The summed E-state index contributed by atoms with van der Waals surface area (Å²) in [6, 6.07) is 5.29. The van der Waals surface area contributed by atoms with Crippen molar-refractivity contribution in [3.05, 3.63) is 23.8 Å². The summed E-state index contributed by atoms with van der Waals surface area (Å²) in [6.45, 7) is 2.00. The normalized spacial score (nSPS) is 17.9. The van der Waals surface area contributed by atoms with Crippen LogP contribution < -0.4 is 9.47 Å². The Morgan fingerprint density at radius 2 is 1.84 bits per heavy atom. The molecular weight excluding hydrogens is 246 g/mol. The molecule has 0 bridgehead atoms. The van der Waals surface area contributed by atoms with E-state index in [0.29, 0.717) is 29.4 Å². The van der Waals surface area contributed by atoms with Crippen LogP contribution in [0.2, 0.25) is 0 Å². The van der Waals surface area contributed by atoms with Gasteiger partial charge in [-0.25, -0.2) is 0 Å². The van der Waals surface area contributed by atoms with Crippen LogP contribution in [0, 0.1) is 0 Å². The monoisotopic (exact) mass is 263 g/mol. The zero-order chi connectivity index (χ0) is 13.8. The molecule has 2 rings (SSSR count). The van der Waals surface area contributed by atoms with Crippen molar-refractivity contribution < 1.29 is 19.0 Å². The molecular formula is C14H17NO4. The van der Waals surface area contributed by atoms with Gasteiger partial charge < -0.3 is 14.2 Å². The summed E-state index contributed by atoms with van der Waals surface area (Å²) >= 11 is 0. The van der Waals surface area contributed by atoms with Gasteiger partial charge in [-0.2, -0.15) is 4.99 Å². The predicted octanol–water partition coefficient (Wildman–Crippen LogP) is 2.18. The fourth-order valence-electron chi connectivity index (χ4n) is 1.89. The number of carbonyl (C=O) groups excluding carboxylic acids is 1. The number of carbonyl (C=O) groups is 1. The van der Waals surface area contributed by atoms with Crippen LogP contribution in [0.25, 0.3) is 0 Å². The lowest BCUT2D eigenvalue weighted by atomic mass is 10.2. The van der Waals surface area contributed by atoms with Crippen molar-refractivity contribution >= 4 is 11.8 Å². The first-order chi connectivity index (χ1) is 9.17. The van der Waals surface area contributed by atoms with E-state index in [0.717, 1.165) is 6.42 Å². The summed E-state index contributed by atoms with van der Waals surface area (Å²) in [4.78, 5) is 15.6. The molecule has 1 aromatic carbocycles. The minimum absolute atomic E-state index is 0.223. The van der Waals surface area contributed by atoms with Gasteiger partial charge in [-0.05, 0) is 18.6 Å². The van der Waals surface area contributed by atoms with Crippen molar-refractivity contribution in [2.24, 2.45) is 4.99 Å². The van der Waals surface area contributed by atoms with E-state index in [4.69, 9.17) is 14.2 Å². The maximum atomic E-state index is 11.7. The molecule has 0 saturated carbocycles. The first-order valence-electron chi connectivity index (χ1n) is 6.20. The molecule has 0 aromatic heterocycles. The topological polar surface area (TPSA) is 57.1 Å². The Morgan fingerprint density at radius 1 is 1.21 bits per heavy atom. The molecule has 19 heavy (non-hydrogen) atoms. The first kappa shape index (κ1) is 13.4. The molecule has 5 nitrogen and oxygen atoms in total. The van der Waals surface area contributed by atoms with Crippen molar-refractivity contribution in [2.45, 2.75) is 25.9 Å². The van der Waals surface area contributed by atoms with Gasteiger partial charge >= 0.3 is 0 Å². The van der Waals surface area contributed by atoms with Crippen molar-refractivity contribution in [3.63, 3.8) is 0 Å². The number of benzene rings is 1. The average Bonchev–Trinajstić information content (AvgIpc) is 2.80. The molecule has 1 amide bonds. The van der Waals surface area contributed by atoms with E-state index in [1.807, 2.05) is 6.92 Å². The average molecular weight is 263 g/mol. The summed E-state index contributed by atoms with van der Waals surface area (Å²) < 4.78 is 16.0. The Hall–Kier alpha value is -2.04. The molecule has 1 aromatic rings. The van der Waals surface area contributed by atoms with Gasteiger partial charge in [0, 0.05) is 11.6 Å². The number of nitrogens with zero attached hydrogens (tertiary/aromatic N) is 1. The summed E-state index contributed by atoms with van der Waals surface area (Å²) in [5.41, 5.74) is 0.683. The van der Waals surface area contributed by atoms with Crippen LogP contribution in [0.4, 0.5) is 0 Å². The van der Waals surface area contributed by atoms with Gasteiger partial charge in [0.2, 0.25) is 5.90 Å². The van der Waals surface area contributed by atoms with Crippen LogP contribution in [0.3, 0.4) is 0 Å². The first-order valence-corrected chi connectivity index (χ1v) is 6.20. The van der Waals surface area contributed by atoms with Crippen LogP contribution in [-0.4, -0.2) is 32.1 Å². The molecule has 102 valence electrons. The number of hydrogen-bond acceptors (Lipinski definition) is 4. The van der Waals surface area contributed by atoms with E-state index in [1.54, 1.807) is 32.4 Å². The number of rotatable bonds is 5. The molecule has 0 aliphatic carbocycles. The third-order valence-corrected chi connectivity index (χ3v) is 2.89. The van der Waals surface area contributed by atoms with E-state index in [9.17, 15) is 4.79 Å². The van der Waals surface area contributed by atoms with Crippen LogP contribution in [0.5, 0.6) is 11.5 Å². The highest BCUT2D eigenvalue weighted by Crippen LogP contribution is 2.25. The highest BCUT2D eigenvalue weighted by atomic mass is 16.5. The number of amides is 1. The van der Waals surface area contributed by atoms with Crippen LogP contribution in [-0.2, 0) is 9.53 Å². The van der Waals surface area contributed by atoms with Gasteiger partial charge in [-0.1, -0.05) is 13.3 Å². The fourth-order valence-corrected chi connectivity index (χ4v) is 1.89. The maximum Gasteiger partial charge on any atom is 0.290 e. The van der Waals surface area contributed by atoms with Crippen molar-refractivity contribution in [1.29, 1.82) is 0 Å². The minimum atomic E-state index is -0.461. The summed E-state index contributed by atoms with van der Waals surface area (Å²) in [5, 5.41) is 0. The van der Waals surface area contributed by atoms with Crippen LogP contribution >= 0.6 is 0 Å². The molecule has 1 atom stereocenters. The SMILES string of the molecule is CCCC1OC(c2cc(OC)cc(OC)c2)=NC1=O. The zero-order valence-electron chi connectivity index (χ0n) is 11.3. The molecule has 0 radical (unpaired) electrons. The van der Waals surface area contributed by atoms with E-state index >= 15 is 0 Å². The van der Waals surface area contributed by atoms with E-state index in [-0.39, 0.29) is 5.91 Å². The van der Waals surface area contributed by atoms with Crippen molar-refractivity contribution in [3.8, 4) is 11.5 Å². The largest absolute Gasteiger partial charge is 0.497 e. The zero-order valence-corrected chi connectivity index (χ0v) is 11.3. The third-order valence-electron chi connectivity index (χ3n) is 2.89. The van der Waals surface area contributed by atoms with Gasteiger partial charge in [0.1, 0.15) is 11.5 Å². The lowest BCUT2D eigenvalue weighted by Crippen LogP contribution is -2.17. The maximum absolute atomic E-state index is 11.7. The molecule has 0 fully saturated rings. The van der Waals surface area contributed by atoms with Gasteiger partial charge in [0.05, 0.1) is 14.2 Å². The molecule has 1 heterocycles. The second-order valence-corrected chi connectivity index (χ2v) is 4.25. The quantitative estimate of drug-likeness (QED) is 0.817. The van der Waals surface area contributed by atoms with Gasteiger partial charge in [-0.3, -0.25) is 4.79 Å². The van der Waals surface area contributed by atoms with Crippen LogP contribution in [0.1, 0.15) is 25.3 Å². The van der Waals surface area contributed by atoms with Crippen LogP contribution in [0.15, 0.2) is 23.2 Å². The molecule has 0 spiro atoms. The highest BCUT2D eigenvalue weighted by Gasteiger charge is 2.29. The lowest BCUT2D eigenvalue weighted by molar-refractivity contribution is -0.122. The molecule has 0 N–H and O–H groups in total. The summed E-state index contributed by atoms with van der Waals surface area (Å²) in [5.74, 6) is 1.37. The molecule has 1 unspecified atom stereocenters. The Bertz CT molecular complexity index is 488. The van der Waals surface area contributed by atoms with Crippen molar-refractivity contribution in [2.75, 3.05) is 14.2 Å². The highest BCUT2D eigenvalue weighted by molar-refractivity contribution is 6.07. The van der Waals surface area contributed by atoms with Gasteiger partial charge in [0.25, 0.3) is 5.91 Å². The number of aliphatic imine (C=N–C) groups is 1. The molecule has 1 aliphatic rings. The summed E-state index contributed by atoms with van der Waals surface area (Å²) in [6.07, 6.45) is 1.09. The predicted molar refractivity (Wildman–Crippen MR) is 70.9 cm³/mol. The Morgan fingerprint density at radius 3 is 2.37 bits per heavy atom. The molecule has 1 aliphatic heterocycles. The Balaban J connectivity index is 2.27. The minimum Gasteiger partial charge on any atom is -0.497 e. The van der Waals surface area contributed by atoms with Gasteiger partial charge in [0.15, 0.2) is 6.10 Å². The Kier molecular flexibility index (Phi) is 4.04. The van der Waals surface area contributed by atoms with E-state index in [2.05, 4.69) is 4.99 Å². The number of hydrogen-bond donors (Lipinski definition) is 0. The summed E-state index contributed by atoms with van der Waals surface area (Å²) in [7, 11) is 3.14. The second kappa shape index (κ2) is 5.73. The standard InChI is InChI=1S/C14H17NO4/c1-4-5-12-13(16)15-14(19-12)9-6-10(17-2)8-11(7-9)18-3/h6-8,12H,4-5H2,1-3H3. The molecule has 0 saturated heterocycles. The third kappa shape index (κ3) is 2.86. The fraction of sp³-hybridized carbons (Fsp3) is 0.429. The number of methoxy groups -OCH3 is 2. The van der Waals surface area contributed by atoms with Crippen molar-refractivity contribution in [1.82, 2.24) is 0 Å². The smallest absolute Gasteiger partial charge is 0.290 e. The Labute approximate surface area is 112 Å². The van der Waals surface area contributed by atoms with E-state index < -0.39 is 6.10 Å². The number of ether oxygens (including phenoxy) is 3. The second-order valence-electron chi connectivity index (χ2n) is 4.25. The van der Waals surface area contributed by atoms with Gasteiger partial charge in [-0.15, -0.1) is 0 Å².